The molecule has 17 heavy (non-hydrogen) atoms. The third-order valence-corrected chi connectivity index (χ3v) is 2.83. The highest BCUT2D eigenvalue weighted by Gasteiger charge is 2.07. The second kappa shape index (κ2) is 8.31. The molecule has 1 rings (SSSR count). The minimum atomic E-state index is -0.275. The molecule has 0 saturated heterocycles. The number of alkyl halides is 1. The zero-order valence-corrected chi connectivity index (χ0v) is 10.9. The van der Waals surface area contributed by atoms with Crippen LogP contribution in [0.4, 0.5) is 4.39 Å². The number of hydrogen-bond acceptors (Lipinski definition) is 2. The fourth-order valence-corrected chi connectivity index (χ4v) is 1.78. The van der Waals surface area contributed by atoms with E-state index in [1.165, 1.54) is 7.11 Å². The van der Waals surface area contributed by atoms with Gasteiger partial charge in [0.25, 0.3) is 0 Å². The van der Waals surface area contributed by atoms with Gasteiger partial charge in [-0.15, -0.1) is 11.6 Å². The number of methoxy groups -OCH3 is 1. The third kappa shape index (κ3) is 4.92. The second-order valence-corrected chi connectivity index (χ2v) is 4.24. The van der Waals surface area contributed by atoms with E-state index in [1.54, 1.807) is 18.2 Å². The van der Waals surface area contributed by atoms with Gasteiger partial charge in [0.05, 0.1) is 7.11 Å². The van der Waals surface area contributed by atoms with Crippen LogP contribution in [0.3, 0.4) is 0 Å². The number of benzene rings is 1. The van der Waals surface area contributed by atoms with E-state index in [9.17, 15) is 4.39 Å². The first-order chi connectivity index (χ1) is 8.29. The van der Waals surface area contributed by atoms with Crippen molar-refractivity contribution in [3.05, 3.63) is 29.6 Å². The van der Waals surface area contributed by atoms with Crippen LogP contribution in [-0.2, 0) is 6.54 Å². The zero-order valence-electron chi connectivity index (χ0n) is 10.1. The van der Waals surface area contributed by atoms with Crippen LogP contribution in [0.5, 0.6) is 5.75 Å². The number of rotatable bonds is 8. The third-order valence-electron chi connectivity index (χ3n) is 2.57. The highest BCUT2D eigenvalue weighted by Crippen LogP contribution is 2.19. The summed E-state index contributed by atoms with van der Waals surface area (Å²) in [5, 5.41) is 3.21. The Hall–Kier alpha value is -0.800. The summed E-state index contributed by atoms with van der Waals surface area (Å²) in [4.78, 5) is 0. The molecule has 0 radical (unpaired) electrons. The molecule has 1 aromatic carbocycles. The summed E-state index contributed by atoms with van der Waals surface area (Å²) < 4.78 is 18.6. The van der Waals surface area contributed by atoms with Crippen molar-refractivity contribution in [3.8, 4) is 5.75 Å². The van der Waals surface area contributed by atoms with Gasteiger partial charge in [-0.05, 0) is 25.5 Å². The van der Waals surface area contributed by atoms with Crippen molar-refractivity contribution in [3.63, 3.8) is 0 Å². The monoisotopic (exact) mass is 259 g/mol. The lowest BCUT2D eigenvalue weighted by atomic mass is 10.2. The van der Waals surface area contributed by atoms with Crippen molar-refractivity contribution < 1.29 is 9.13 Å². The molecule has 1 N–H and O–H groups in total. The molecule has 4 heteroatoms. The predicted octanol–water partition coefficient (Wildman–Crippen LogP) is 3.33. The Bertz CT molecular complexity index is 333. The molecule has 0 unspecified atom stereocenters. The predicted molar refractivity (Wildman–Crippen MR) is 69.2 cm³/mol. The Labute approximate surface area is 107 Å². The van der Waals surface area contributed by atoms with Crippen LogP contribution < -0.4 is 10.1 Å². The number of hydrogen-bond donors (Lipinski definition) is 1. The van der Waals surface area contributed by atoms with Crippen LogP contribution in [-0.4, -0.2) is 19.5 Å². The normalized spacial score (nSPS) is 10.5. The zero-order chi connectivity index (χ0) is 12.5. The lowest BCUT2D eigenvalue weighted by Gasteiger charge is -2.08. The number of unbranched alkanes of at least 4 members (excludes halogenated alkanes) is 2. The van der Waals surface area contributed by atoms with Crippen molar-refractivity contribution in [2.45, 2.75) is 25.8 Å². The molecule has 0 aromatic heterocycles. The SMILES string of the molecule is COc1cccc(CNCCCCCCl)c1F. The summed E-state index contributed by atoms with van der Waals surface area (Å²) in [6, 6.07) is 5.19. The number of nitrogens with one attached hydrogen (secondary N) is 1. The maximum absolute atomic E-state index is 13.7. The molecule has 0 aliphatic rings. The van der Waals surface area contributed by atoms with Gasteiger partial charge >= 0.3 is 0 Å². The highest BCUT2D eigenvalue weighted by atomic mass is 35.5. The fraction of sp³-hybridized carbons (Fsp3) is 0.538. The van der Waals surface area contributed by atoms with E-state index < -0.39 is 0 Å². The topological polar surface area (TPSA) is 21.3 Å². The summed E-state index contributed by atoms with van der Waals surface area (Å²) in [5.41, 5.74) is 0.640. The molecule has 0 atom stereocenters. The van der Waals surface area contributed by atoms with E-state index in [4.69, 9.17) is 16.3 Å². The van der Waals surface area contributed by atoms with Crippen LogP contribution in [0.25, 0.3) is 0 Å². The van der Waals surface area contributed by atoms with Gasteiger partial charge in [0.15, 0.2) is 11.6 Å². The Morgan fingerprint density at radius 1 is 1.29 bits per heavy atom. The van der Waals surface area contributed by atoms with E-state index in [0.717, 1.165) is 25.8 Å². The molecule has 96 valence electrons. The minimum absolute atomic E-state index is 0.275. The molecule has 0 spiro atoms. The van der Waals surface area contributed by atoms with Crippen LogP contribution >= 0.6 is 11.6 Å². The van der Waals surface area contributed by atoms with Crippen LogP contribution in [0.1, 0.15) is 24.8 Å². The van der Waals surface area contributed by atoms with Crippen molar-refractivity contribution in [2.24, 2.45) is 0 Å². The average Bonchev–Trinajstić information content (AvgIpc) is 2.35. The summed E-state index contributed by atoms with van der Waals surface area (Å²) in [6.07, 6.45) is 3.21. The first kappa shape index (κ1) is 14.3. The molecular formula is C13H19ClFNO. The molecule has 1 aromatic rings. The fourth-order valence-electron chi connectivity index (χ4n) is 1.59. The van der Waals surface area contributed by atoms with Crippen molar-refractivity contribution in [1.29, 1.82) is 0 Å². The van der Waals surface area contributed by atoms with Gasteiger partial charge in [-0.25, -0.2) is 4.39 Å². The Balaban J connectivity index is 2.31. The van der Waals surface area contributed by atoms with E-state index >= 15 is 0 Å². The standard InChI is InChI=1S/C13H19ClFNO/c1-17-12-7-5-6-11(13(12)15)10-16-9-4-2-3-8-14/h5-7,16H,2-4,8-10H2,1H3. The van der Waals surface area contributed by atoms with Crippen molar-refractivity contribution >= 4 is 11.6 Å². The molecule has 0 fully saturated rings. The van der Waals surface area contributed by atoms with Gasteiger partial charge in [0, 0.05) is 18.0 Å². The lowest BCUT2D eigenvalue weighted by Crippen LogP contribution is -2.15. The first-order valence-corrected chi connectivity index (χ1v) is 6.41. The van der Waals surface area contributed by atoms with Crippen LogP contribution in [0.15, 0.2) is 18.2 Å². The minimum Gasteiger partial charge on any atom is -0.494 e. The van der Waals surface area contributed by atoms with Gasteiger partial charge in [-0.2, -0.15) is 0 Å². The van der Waals surface area contributed by atoms with Gasteiger partial charge in [0.1, 0.15) is 0 Å². The number of ether oxygens (including phenoxy) is 1. The van der Waals surface area contributed by atoms with Gasteiger partial charge < -0.3 is 10.1 Å². The largest absolute Gasteiger partial charge is 0.494 e. The Morgan fingerprint density at radius 3 is 2.82 bits per heavy atom. The van der Waals surface area contributed by atoms with E-state index in [1.807, 2.05) is 0 Å². The smallest absolute Gasteiger partial charge is 0.169 e. The maximum Gasteiger partial charge on any atom is 0.169 e. The van der Waals surface area contributed by atoms with Gasteiger partial charge in [-0.3, -0.25) is 0 Å². The Morgan fingerprint density at radius 2 is 2.12 bits per heavy atom. The molecule has 0 aliphatic heterocycles. The molecule has 0 heterocycles. The quantitative estimate of drug-likeness (QED) is 0.571. The Kier molecular flexibility index (Phi) is 6.97. The molecule has 0 bridgehead atoms. The van der Waals surface area contributed by atoms with E-state index in [0.29, 0.717) is 23.7 Å². The van der Waals surface area contributed by atoms with Crippen molar-refractivity contribution in [1.82, 2.24) is 5.32 Å². The summed E-state index contributed by atoms with van der Waals surface area (Å²) >= 11 is 5.58. The number of halogens is 2. The van der Waals surface area contributed by atoms with E-state index in [2.05, 4.69) is 5.32 Å². The second-order valence-electron chi connectivity index (χ2n) is 3.86. The first-order valence-electron chi connectivity index (χ1n) is 5.87. The van der Waals surface area contributed by atoms with Crippen molar-refractivity contribution in [2.75, 3.05) is 19.5 Å². The van der Waals surface area contributed by atoms with E-state index in [-0.39, 0.29) is 5.82 Å². The summed E-state index contributed by atoms with van der Waals surface area (Å²) in [7, 11) is 1.47. The van der Waals surface area contributed by atoms with Gasteiger partial charge in [0.2, 0.25) is 0 Å². The lowest BCUT2D eigenvalue weighted by molar-refractivity contribution is 0.383. The highest BCUT2D eigenvalue weighted by molar-refractivity contribution is 6.17. The molecule has 0 saturated carbocycles. The molecule has 0 amide bonds. The van der Waals surface area contributed by atoms with Crippen LogP contribution in [0, 0.1) is 5.82 Å². The van der Waals surface area contributed by atoms with Gasteiger partial charge in [-0.1, -0.05) is 18.6 Å². The summed E-state index contributed by atoms with van der Waals surface area (Å²) in [5.74, 6) is 0.736. The summed E-state index contributed by atoms with van der Waals surface area (Å²) in [6.45, 7) is 1.41. The molecular weight excluding hydrogens is 241 g/mol. The van der Waals surface area contributed by atoms with Crippen LogP contribution in [0.2, 0.25) is 0 Å². The molecule has 0 aliphatic carbocycles. The average molecular weight is 260 g/mol. The maximum atomic E-state index is 13.7. The molecule has 2 nitrogen and oxygen atoms in total.